The molecule has 26 heavy (non-hydrogen) atoms. The van der Waals surface area contributed by atoms with Gasteiger partial charge < -0.3 is 5.11 Å². The Kier molecular flexibility index (Phi) is 8.82. The molecule has 4 heteroatoms. The third-order valence-electron chi connectivity index (χ3n) is 4.50. The monoisotopic (exact) mass is 418 g/mol. The number of aliphatic hydroxyl groups is 1. The molecular weight excluding hydrogens is 399 g/mol. The van der Waals surface area contributed by atoms with Crippen LogP contribution in [0.3, 0.4) is 0 Å². The van der Waals surface area contributed by atoms with Gasteiger partial charge in [0.25, 0.3) is 0 Å². The van der Waals surface area contributed by atoms with Crippen molar-refractivity contribution in [3.8, 4) is 11.1 Å². The van der Waals surface area contributed by atoms with Crippen molar-refractivity contribution in [3.05, 3.63) is 90.0 Å². The average molecular weight is 419 g/mol. The first-order valence-electron chi connectivity index (χ1n) is 7.95. The van der Waals surface area contributed by atoms with E-state index in [1.807, 2.05) is 18.2 Å². The van der Waals surface area contributed by atoms with Crippen LogP contribution in [0.2, 0.25) is 0 Å². The van der Waals surface area contributed by atoms with Gasteiger partial charge in [-0.05, 0) is 45.0 Å². The Hall–Kier alpha value is -1.35. The fourth-order valence-electron chi connectivity index (χ4n) is 3.38. The van der Waals surface area contributed by atoms with Crippen molar-refractivity contribution in [1.29, 1.82) is 0 Å². The Labute approximate surface area is 181 Å². The first-order chi connectivity index (χ1) is 11.4. The molecule has 0 unspecified atom stereocenters. The van der Waals surface area contributed by atoms with Gasteiger partial charge in [-0.3, -0.25) is 0 Å². The van der Waals surface area contributed by atoms with Crippen LogP contribution < -0.4 is 0 Å². The minimum atomic E-state index is 0. The molecule has 0 spiro atoms. The third-order valence-corrected chi connectivity index (χ3v) is 4.50. The van der Waals surface area contributed by atoms with E-state index in [2.05, 4.69) is 60.7 Å². The molecule has 0 heterocycles. The normalized spacial score (nSPS) is 12.0. The quantitative estimate of drug-likeness (QED) is 0.503. The summed E-state index contributed by atoms with van der Waals surface area (Å²) in [5.74, 6) is 0. The van der Waals surface area contributed by atoms with Gasteiger partial charge in [-0.25, -0.2) is 0 Å². The zero-order chi connectivity index (χ0) is 15.6. The maximum atomic E-state index is 9.78. The van der Waals surface area contributed by atoms with Gasteiger partial charge in [0.05, 0.1) is 6.61 Å². The summed E-state index contributed by atoms with van der Waals surface area (Å²) >= 11 is 0. The van der Waals surface area contributed by atoms with Crippen molar-refractivity contribution in [2.75, 3.05) is 0 Å². The molecule has 3 aromatic rings. The Balaban J connectivity index is 0.00000113. The molecule has 1 N–H and O–H groups in total. The maximum Gasteiger partial charge on any atom is 0.0687 e. The molecule has 0 saturated carbocycles. The number of benzene rings is 3. The van der Waals surface area contributed by atoms with E-state index in [1.54, 1.807) is 0 Å². The van der Waals surface area contributed by atoms with E-state index in [4.69, 9.17) is 0 Å². The van der Waals surface area contributed by atoms with Crippen molar-refractivity contribution in [2.24, 2.45) is 0 Å². The van der Waals surface area contributed by atoms with Crippen LogP contribution in [0.25, 0.3) is 27.5 Å². The average Bonchev–Trinajstić information content (AvgIpc) is 3.15. The Bertz CT molecular complexity index is 948. The first-order valence-corrected chi connectivity index (χ1v) is 7.95. The van der Waals surface area contributed by atoms with Crippen LogP contribution in [0, 0.1) is 0 Å². The topological polar surface area (TPSA) is 20.2 Å². The molecule has 0 fully saturated rings. The standard InChI is InChI=1S/C22H18O.2ClH.Ti/c23-15-18-10-4-6-12-20(18)22-19-11-5-3-9-17(19)13-14-21(22)16-7-1-2-8-16;;;/h1-7,9-14,23H,8,15H2;2*1H;. The molecule has 0 aromatic heterocycles. The number of hydrogen-bond acceptors (Lipinski definition) is 1. The van der Waals surface area contributed by atoms with Gasteiger partial charge >= 0.3 is 0 Å². The number of hydrogen-bond donors (Lipinski definition) is 1. The van der Waals surface area contributed by atoms with E-state index < -0.39 is 0 Å². The smallest absolute Gasteiger partial charge is 0.0687 e. The van der Waals surface area contributed by atoms with Crippen molar-refractivity contribution >= 4 is 41.2 Å². The van der Waals surface area contributed by atoms with Crippen LogP contribution in [-0.2, 0) is 28.3 Å². The van der Waals surface area contributed by atoms with Crippen LogP contribution in [0.15, 0.2) is 78.9 Å². The van der Waals surface area contributed by atoms with Gasteiger partial charge in [0.2, 0.25) is 0 Å². The van der Waals surface area contributed by atoms with Crippen molar-refractivity contribution in [2.45, 2.75) is 13.0 Å². The molecule has 1 aliphatic rings. The summed E-state index contributed by atoms with van der Waals surface area (Å²) < 4.78 is 0. The number of halogens is 2. The minimum Gasteiger partial charge on any atom is -0.392 e. The predicted octanol–water partition coefficient (Wildman–Crippen LogP) is 6.18. The minimum absolute atomic E-state index is 0. The molecule has 3 aromatic carbocycles. The maximum absolute atomic E-state index is 9.78. The van der Waals surface area contributed by atoms with Crippen LogP contribution in [-0.4, -0.2) is 5.11 Å². The molecule has 0 aliphatic heterocycles. The third kappa shape index (κ3) is 4.14. The van der Waals surface area contributed by atoms with Gasteiger partial charge in [-0.15, -0.1) is 24.8 Å². The number of aliphatic hydroxyl groups excluding tert-OH is 1. The first kappa shape index (κ1) is 22.7. The summed E-state index contributed by atoms with van der Waals surface area (Å²) in [5, 5.41) is 12.2. The summed E-state index contributed by atoms with van der Waals surface area (Å²) in [6.07, 6.45) is 7.46. The van der Waals surface area contributed by atoms with Gasteiger partial charge in [0, 0.05) is 21.7 Å². The Morgan fingerprint density at radius 3 is 2.27 bits per heavy atom. The second kappa shape index (κ2) is 10.1. The van der Waals surface area contributed by atoms with E-state index in [0.717, 1.165) is 17.5 Å². The zero-order valence-corrected chi connectivity index (χ0v) is 17.4. The fourth-order valence-corrected chi connectivity index (χ4v) is 3.38. The van der Waals surface area contributed by atoms with E-state index in [1.165, 1.54) is 27.5 Å². The summed E-state index contributed by atoms with van der Waals surface area (Å²) in [7, 11) is 0. The molecule has 4 rings (SSSR count). The van der Waals surface area contributed by atoms with Crippen LogP contribution in [0.4, 0.5) is 0 Å². The Morgan fingerprint density at radius 1 is 0.808 bits per heavy atom. The molecule has 1 aliphatic carbocycles. The molecular formula is C22H20Cl2OTi. The zero-order valence-electron chi connectivity index (χ0n) is 14.2. The molecule has 0 saturated heterocycles. The van der Waals surface area contributed by atoms with E-state index in [9.17, 15) is 5.11 Å². The molecule has 0 atom stereocenters. The van der Waals surface area contributed by atoms with E-state index in [0.29, 0.717) is 0 Å². The summed E-state index contributed by atoms with van der Waals surface area (Å²) in [6, 6.07) is 21.0. The van der Waals surface area contributed by atoms with Gasteiger partial charge in [0.1, 0.15) is 0 Å². The van der Waals surface area contributed by atoms with E-state index >= 15 is 0 Å². The predicted molar refractivity (Wildman–Crippen MR) is 112 cm³/mol. The molecule has 0 radical (unpaired) electrons. The molecule has 132 valence electrons. The summed E-state index contributed by atoms with van der Waals surface area (Å²) in [6.45, 7) is 0.0517. The van der Waals surface area contributed by atoms with Crippen LogP contribution in [0.1, 0.15) is 17.5 Å². The largest absolute Gasteiger partial charge is 0.392 e. The summed E-state index contributed by atoms with van der Waals surface area (Å²) in [5.41, 5.74) is 5.90. The molecule has 0 bridgehead atoms. The molecule has 0 amide bonds. The number of rotatable bonds is 3. The van der Waals surface area contributed by atoms with Crippen LogP contribution >= 0.6 is 24.8 Å². The summed E-state index contributed by atoms with van der Waals surface area (Å²) in [4.78, 5) is 0. The number of fused-ring (bicyclic) bond motifs is 1. The number of allylic oxidation sites excluding steroid dienone is 4. The second-order valence-electron chi connectivity index (χ2n) is 5.85. The van der Waals surface area contributed by atoms with E-state index in [-0.39, 0.29) is 53.1 Å². The van der Waals surface area contributed by atoms with Crippen molar-refractivity contribution in [3.63, 3.8) is 0 Å². The Morgan fingerprint density at radius 2 is 1.54 bits per heavy atom. The second-order valence-corrected chi connectivity index (χ2v) is 5.85. The van der Waals surface area contributed by atoms with Crippen molar-refractivity contribution in [1.82, 2.24) is 0 Å². The fraction of sp³-hybridized carbons (Fsp3) is 0.0909. The molecule has 1 nitrogen and oxygen atoms in total. The SMILES string of the molecule is Cl.Cl.OCc1ccccc1-c1c(C2=CC=CC2)ccc2ccccc12.[Ti]. The van der Waals surface area contributed by atoms with Crippen molar-refractivity contribution < 1.29 is 26.8 Å². The van der Waals surface area contributed by atoms with Crippen LogP contribution in [0.5, 0.6) is 0 Å². The van der Waals surface area contributed by atoms with Gasteiger partial charge in [-0.2, -0.15) is 0 Å². The van der Waals surface area contributed by atoms with Gasteiger partial charge in [0.15, 0.2) is 0 Å². The van der Waals surface area contributed by atoms with Gasteiger partial charge in [-0.1, -0.05) is 78.9 Å².